The fourth-order valence-electron chi connectivity index (χ4n) is 1.65. The fourth-order valence-corrected chi connectivity index (χ4v) is 2.57. The van der Waals surface area contributed by atoms with Gasteiger partial charge in [-0.1, -0.05) is 0 Å². The fraction of sp³-hybridized carbons (Fsp3) is 0. The van der Waals surface area contributed by atoms with Gasteiger partial charge in [0.1, 0.15) is 10.7 Å². The first-order valence-corrected chi connectivity index (χ1v) is 8.11. The van der Waals surface area contributed by atoms with Crippen LogP contribution in [0, 0.1) is 23.3 Å². The molecular weight excluding hydrogens is 362 g/mol. The van der Waals surface area contributed by atoms with Crippen LogP contribution in [0.2, 0.25) is 0 Å². The van der Waals surface area contributed by atoms with Crippen molar-refractivity contribution in [1.82, 2.24) is 0 Å². The Kier molecular flexibility index (Phi) is 4.62. The zero-order chi connectivity index (χ0) is 17.4. The number of halogens is 5. The molecule has 0 spiro atoms. The van der Waals surface area contributed by atoms with Gasteiger partial charge in [-0.15, -0.1) is 0 Å². The number of hydrogen-bond acceptors (Lipinski definition) is 3. The lowest BCUT2D eigenvalue weighted by Crippen LogP contribution is -2.14. The number of carbonyl (C=O) groups is 1. The number of amides is 1. The predicted octanol–water partition coefficient (Wildman–Crippen LogP) is 3.42. The summed E-state index contributed by atoms with van der Waals surface area (Å²) < 4.78 is 75.0. The monoisotopic (exact) mass is 367 g/mol. The minimum absolute atomic E-state index is 0.380. The highest BCUT2D eigenvalue weighted by atomic mass is 35.7. The van der Waals surface area contributed by atoms with E-state index in [1.165, 1.54) is 0 Å². The Morgan fingerprint density at radius 1 is 0.957 bits per heavy atom. The molecule has 0 radical (unpaired) electrons. The van der Waals surface area contributed by atoms with Crippen molar-refractivity contribution in [2.45, 2.75) is 4.90 Å². The maximum Gasteiger partial charge on any atom is 0.264 e. The van der Waals surface area contributed by atoms with E-state index in [1.807, 2.05) is 5.32 Å². The van der Waals surface area contributed by atoms with Crippen molar-refractivity contribution >= 4 is 31.3 Å². The van der Waals surface area contributed by atoms with Gasteiger partial charge >= 0.3 is 0 Å². The first kappa shape index (κ1) is 17.2. The molecule has 122 valence electrons. The molecule has 0 saturated heterocycles. The molecule has 0 aliphatic rings. The van der Waals surface area contributed by atoms with Crippen molar-refractivity contribution in [2.24, 2.45) is 0 Å². The lowest BCUT2D eigenvalue weighted by molar-refractivity contribution is 0.102. The molecular formula is C13H6ClF4NO3S. The largest absolute Gasteiger partial charge is 0.319 e. The van der Waals surface area contributed by atoms with Gasteiger partial charge in [-0.05, 0) is 30.3 Å². The zero-order valence-corrected chi connectivity index (χ0v) is 12.5. The van der Waals surface area contributed by atoms with Gasteiger partial charge in [0.25, 0.3) is 15.0 Å². The van der Waals surface area contributed by atoms with Gasteiger partial charge in [0, 0.05) is 16.2 Å². The van der Waals surface area contributed by atoms with Crippen LogP contribution in [0.15, 0.2) is 35.2 Å². The van der Waals surface area contributed by atoms with E-state index in [9.17, 15) is 30.8 Å². The maximum atomic E-state index is 13.5. The third-order valence-corrected chi connectivity index (χ3v) is 4.08. The molecule has 2 rings (SSSR count). The molecule has 0 aromatic heterocycles. The molecule has 0 bridgehead atoms. The van der Waals surface area contributed by atoms with Crippen LogP contribution in [0.1, 0.15) is 10.4 Å². The Hall–Kier alpha value is -2.13. The van der Waals surface area contributed by atoms with Gasteiger partial charge < -0.3 is 5.32 Å². The zero-order valence-electron chi connectivity index (χ0n) is 10.9. The van der Waals surface area contributed by atoms with E-state index < -0.39 is 48.8 Å². The number of nitrogens with one attached hydrogen (secondary N) is 1. The van der Waals surface area contributed by atoms with E-state index in [1.54, 1.807) is 0 Å². The summed E-state index contributed by atoms with van der Waals surface area (Å²) in [6.07, 6.45) is 0. The quantitative estimate of drug-likeness (QED) is 0.513. The van der Waals surface area contributed by atoms with Crippen molar-refractivity contribution in [3.05, 3.63) is 59.2 Å². The summed E-state index contributed by atoms with van der Waals surface area (Å²) in [6.45, 7) is 0. The summed E-state index contributed by atoms with van der Waals surface area (Å²) in [7, 11) is 0.564. The topological polar surface area (TPSA) is 63.2 Å². The SMILES string of the molecule is O=C(Nc1ccc(F)c(F)c1F)c1ccc(F)c(S(=O)(=O)Cl)c1. The molecule has 2 aromatic carbocycles. The molecule has 0 aliphatic heterocycles. The Morgan fingerprint density at radius 3 is 2.17 bits per heavy atom. The second-order valence-corrected chi connectivity index (χ2v) is 6.79. The molecule has 10 heteroatoms. The minimum atomic E-state index is -4.45. The molecule has 0 saturated carbocycles. The average Bonchev–Trinajstić information content (AvgIpc) is 2.47. The Morgan fingerprint density at radius 2 is 1.57 bits per heavy atom. The average molecular weight is 368 g/mol. The summed E-state index contributed by atoms with van der Waals surface area (Å²) in [5.74, 6) is -7.12. The van der Waals surface area contributed by atoms with Gasteiger partial charge in [0.05, 0.1) is 5.69 Å². The van der Waals surface area contributed by atoms with Crippen LogP contribution in [0.5, 0.6) is 0 Å². The number of hydrogen-bond donors (Lipinski definition) is 1. The minimum Gasteiger partial charge on any atom is -0.319 e. The Labute approximate surface area is 132 Å². The molecule has 1 N–H and O–H groups in total. The standard InChI is InChI=1S/C13H6ClF4NO3S/c14-23(21,22)10-5-6(1-2-7(10)15)13(20)19-9-4-3-8(16)11(17)12(9)18/h1-5H,(H,19,20). The van der Waals surface area contributed by atoms with Crippen molar-refractivity contribution in [1.29, 1.82) is 0 Å². The van der Waals surface area contributed by atoms with E-state index in [0.29, 0.717) is 18.2 Å². The van der Waals surface area contributed by atoms with Crippen LogP contribution in [0.4, 0.5) is 23.2 Å². The summed E-state index contributed by atoms with van der Waals surface area (Å²) in [5.41, 5.74) is -1.05. The third-order valence-electron chi connectivity index (χ3n) is 2.74. The van der Waals surface area contributed by atoms with Crippen LogP contribution in [0.25, 0.3) is 0 Å². The predicted molar refractivity (Wildman–Crippen MR) is 73.7 cm³/mol. The van der Waals surface area contributed by atoms with Crippen LogP contribution in [-0.4, -0.2) is 14.3 Å². The highest BCUT2D eigenvalue weighted by Gasteiger charge is 2.20. The first-order chi connectivity index (χ1) is 10.6. The van der Waals surface area contributed by atoms with Crippen molar-refractivity contribution in [3.8, 4) is 0 Å². The maximum absolute atomic E-state index is 13.5. The molecule has 0 unspecified atom stereocenters. The van der Waals surface area contributed by atoms with Crippen molar-refractivity contribution in [2.75, 3.05) is 5.32 Å². The van der Waals surface area contributed by atoms with Crippen LogP contribution in [0.3, 0.4) is 0 Å². The highest BCUT2D eigenvalue weighted by Crippen LogP contribution is 2.23. The van der Waals surface area contributed by atoms with Gasteiger partial charge in [0.15, 0.2) is 17.5 Å². The van der Waals surface area contributed by atoms with Gasteiger partial charge in [-0.2, -0.15) is 0 Å². The number of carbonyl (C=O) groups excluding carboxylic acids is 1. The second-order valence-electron chi connectivity index (χ2n) is 4.26. The summed E-state index contributed by atoms with van der Waals surface area (Å²) >= 11 is 0. The lowest BCUT2D eigenvalue weighted by atomic mass is 10.2. The molecule has 0 fully saturated rings. The number of benzene rings is 2. The van der Waals surface area contributed by atoms with Crippen LogP contribution >= 0.6 is 10.7 Å². The van der Waals surface area contributed by atoms with Crippen LogP contribution in [-0.2, 0) is 9.05 Å². The van der Waals surface area contributed by atoms with E-state index in [0.717, 1.165) is 12.1 Å². The molecule has 0 atom stereocenters. The van der Waals surface area contributed by atoms with Gasteiger partial charge in [-0.25, -0.2) is 26.0 Å². The van der Waals surface area contributed by atoms with E-state index >= 15 is 0 Å². The molecule has 23 heavy (non-hydrogen) atoms. The van der Waals surface area contributed by atoms with Crippen molar-refractivity contribution in [3.63, 3.8) is 0 Å². The molecule has 1 amide bonds. The summed E-state index contributed by atoms with van der Waals surface area (Å²) in [6, 6.07) is 3.58. The molecule has 4 nitrogen and oxygen atoms in total. The summed E-state index contributed by atoms with van der Waals surface area (Å²) in [4.78, 5) is 11.0. The molecule has 0 aliphatic carbocycles. The Balaban J connectivity index is 2.38. The first-order valence-electron chi connectivity index (χ1n) is 5.80. The number of rotatable bonds is 3. The summed E-state index contributed by atoms with van der Waals surface area (Å²) in [5, 5.41) is 1.91. The smallest absolute Gasteiger partial charge is 0.264 e. The molecule has 0 heterocycles. The van der Waals surface area contributed by atoms with Crippen LogP contribution < -0.4 is 5.32 Å². The highest BCUT2D eigenvalue weighted by molar-refractivity contribution is 8.13. The van der Waals surface area contributed by atoms with E-state index in [2.05, 4.69) is 0 Å². The number of anilines is 1. The van der Waals surface area contributed by atoms with Crippen molar-refractivity contribution < 1.29 is 30.8 Å². The second kappa shape index (κ2) is 6.17. The van der Waals surface area contributed by atoms with E-state index in [-0.39, 0.29) is 5.56 Å². The Bertz CT molecular complexity index is 902. The normalized spacial score (nSPS) is 11.3. The van der Waals surface area contributed by atoms with E-state index in [4.69, 9.17) is 10.7 Å². The van der Waals surface area contributed by atoms with Gasteiger partial charge in [-0.3, -0.25) is 4.79 Å². The molecule has 2 aromatic rings. The third kappa shape index (κ3) is 3.62. The van der Waals surface area contributed by atoms with Gasteiger partial charge in [0.2, 0.25) is 0 Å². The lowest BCUT2D eigenvalue weighted by Gasteiger charge is -2.08.